The third-order valence-electron chi connectivity index (χ3n) is 4.79. The molecule has 7 nitrogen and oxygen atoms in total. The van der Waals surface area contributed by atoms with E-state index in [0.29, 0.717) is 13.1 Å². The Morgan fingerprint density at radius 2 is 1.56 bits per heavy atom. The van der Waals surface area contributed by atoms with Gasteiger partial charge in [0.1, 0.15) is 17.5 Å². The first-order valence-electron chi connectivity index (χ1n) is 9.20. The second kappa shape index (κ2) is 7.82. The van der Waals surface area contributed by atoms with Crippen molar-refractivity contribution >= 4 is 23.2 Å². The first kappa shape index (κ1) is 18.9. The average Bonchev–Trinajstić information content (AvgIpc) is 2.67. The van der Waals surface area contributed by atoms with Crippen molar-refractivity contribution in [2.24, 2.45) is 0 Å². The van der Waals surface area contributed by atoms with E-state index in [0.717, 1.165) is 41.8 Å². The minimum Gasteiger partial charge on any atom is -0.378 e. The van der Waals surface area contributed by atoms with Crippen molar-refractivity contribution < 1.29 is 4.79 Å². The maximum Gasteiger partial charge on any atom is 0.253 e. The molecular formula is C20H28N6O. The predicted molar refractivity (Wildman–Crippen MR) is 110 cm³/mol. The molecule has 0 unspecified atom stereocenters. The zero-order valence-electron chi connectivity index (χ0n) is 16.8. The van der Waals surface area contributed by atoms with Gasteiger partial charge in [-0.1, -0.05) is 0 Å². The molecule has 1 aromatic heterocycles. The Kier molecular flexibility index (Phi) is 5.48. The number of aryl methyl sites for hydroxylation is 1. The number of piperazine rings is 1. The van der Waals surface area contributed by atoms with Crippen LogP contribution in [0.4, 0.5) is 17.3 Å². The highest BCUT2D eigenvalue weighted by Crippen LogP contribution is 2.20. The molecule has 1 saturated heterocycles. The summed E-state index contributed by atoms with van der Waals surface area (Å²) in [5.74, 6) is 2.68. The second-order valence-electron chi connectivity index (χ2n) is 7.25. The highest BCUT2D eigenvalue weighted by Gasteiger charge is 2.23. The summed E-state index contributed by atoms with van der Waals surface area (Å²) in [4.78, 5) is 30.0. The van der Waals surface area contributed by atoms with Crippen molar-refractivity contribution in [3.05, 3.63) is 41.7 Å². The second-order valence-corrected chi connectivity index (χ2v) is 7.25. The summed E-state index contributed by atoms with van der Waals surface area (Å²) in [5, 5.41) is 0. The topological polar surface area (TPSA) is 55.8 Å². The van der Waals surface area contributed by atoms with Gasteiger partial charge in [-0.15, -0.1) is 0 Å². The molecule has 27 heavy (non-hydrogen) atoms. The maximum absolute atomic E-state index is 12.8. The molecule has 1 aromatic carbocycles. The minimum atomic E-state index is 0.0906. The van der Waals surface area contributed by atoms with Gasteiger partial charge in [0.25, 0.3) is 5.91 Å². The van der Waals surface area contributed by atoms with Gasteiger partial charge in [0.05, 0.1) is 0 Å². The molecular weight excluding hydrogens is 340 g/mol. The molecule has 0 bridgehead atoms. The zero-order chi connectivity index (χ0) is 19.6. The molecule has 2 heterocycles. The summed E-state index contributed by atoms with van der Waals surface area (Å²) in [6, 6.07) is 9.78. The van der Waals surface area contributed by atoms with E-state index in [1.165, 1.54) is 0 Å². The number of amides is 1. The van der Waals surface area contributed by atoms with Gasteiger partial charge in [-0.25, -0.2) is 9.97 Å². The quantitative estimate of drug-likeness (QED) is 0.821. The molecule has 1 amide bonds. The normalized spacial score (nSPS) is 14.3. The Labute approximate surface area is 161 Å². The molecule has 0 saturated carbocycles. The van der Waals surface area contributed by atoms with Crippen molar-refractivity contribution in [3.8, 4) is 0 Å². The molecule has 144 valence electrons. The summed E-state index contributed by atoms with van der Waals surface area (Å²) < 4.78 is 0. The van der Waals surface area contributed by atoms with Crippen molar-refractivity contribution in [1.29, 1.82) is 0 Å². The van der Waals surface area contributed by atoms with Gasteiger partial charge in [-0.2, -0.15) is 0 Å². The monoisotopic (exact) mass is 368 g/mol. The van der Waals surface area contributed by atoms with Gasteiger partial charge in [0.2, 0.25) is 0 Å². The fraction of sp³-hybridized carbons (Fsp3) is 0.450. The van der Waals surface area contributed by atoms with Crippen LogP contribution in [0, 0.1) is 6.92 Å². The Morgan fingerprint density at radius 3 is 2.11 bits per heavy atom. The lowest BCUT2D eigenvalue weighted by atomic mass is 10.1. The first-order chi connectivity index (χ1) is 12.8. The number of carbonyl (C=O) groups is 1. The number of anilines is 3. The van der Waals surface area contributed by atoms with E-state index in [2.05, 4.69) is 14.9 Å². The van der Waals surface area contributed by atoms with Crippen LogP contribution in [0.2, 0.25) is 0 Å². The van der Waals surface area contributed by atoms with Gasteiger partial charge >= 0.3 is 0 Å². The number of carbonyl (C=O) groups excluding carboxylic acids is 1. The molecule has 1 fully saturated rings. The fourth-order valence-corrected chi connectivity index (χ4v) is 3.15. The number of hydrogen-bond donors (Lipinski definition) is 0. The SMILES string of the molecule is Cc1nc(N(C)C)cc(N2CCN(C(=O)c3ccc(N(C)C)cc3)CC2)n1. The smallest absolute Gasteiger partial charge is 0.253 e. The molecule has 0 radical (unpaired) electrons. The van der Waals surface area contributed by atoms with Crippen LogP contribution in [-0.4, -0.2) is 75.1 Å². The van der Waals surface area contributed by atoms with E-state index in [1.54, 1.807) is 0 Å². The number of aromatic nitrogens is 2. The summed E-state index contributed by atoms with van der Waals surface area (Å²) in [6.45, 7) is 4.83. The third kappa shape index (κ3) is 4.30. The fourth-order valence-electron chi connectivity index (χ4n) is 3.15. The Balaban J connectivity index is 1.65. The lowest BCUT2D eigenvalue weighted by Crippen LogP contribution is -2.49. The van der Waals surface area contributed by atoms with Crippen LogP contribution in [0.25, 0.3) is 0 Å². The van der Waals surface area contributed by atoms with E-state index in [-0.39, 0.29) is 5.91 Å². The third-order valence-corrected chi connectivity index (χ3v) is 4.79. The Hall–Kier alpha value is -2.83. The molecule has 0 spiro atoms. The molecule has 2 aromatic rings. The Morgan fingerprint density at radius 1 is 0.926 bits per heavy atom. The van der Waals surface area contributed by atoms with Crippen LogP contribution >= 0.6 is 0 Å². The van der Waals surface area contributed by atoms with Crippen LogP contribution < -0.4 is 14.7 Å². The van der Waals surface area contributed by atoms with E-state index < -0.39 is 0 Å². The van der Waals surface area contributed by atoms with Crippen LogP contribution in [0.1, 0.15) is 16.2 Å². The van der Waals surface area contributed by atoms with E-state index in [4.69, 9.17) is 0 Å². The highest BCUT2D eigenvalue weighted by atomic mass is 16.2. The number of rotatable bonds is 4. The average molecular weight is 368 g/mol. The van der Waals surface area contributed by atoms with Crippen molar-refractivity contribution in [3.63, 3.8) is 0 Å². The van der Waals surface area contributed by atoms with E-state index in [1.807, 2.05) is 80.1 Å². The van der Waals surface area contributed by atoms with E-state index >= 15 is 0 Å². The van der Waals surface area contributed by atoms with Crippen LogP contribution in [-0.2, 0) is 0 Å². The van der Waals surface area contributed by atoms with Gasteiger partial charge in [-0.05, 0) is 31.2 Å². The molecule has 3 rings (SSSR count). The van der Waals surface area contributed by atoms with Crippen molar-refractivity contribution in [1.82, 2.24) is 14.9 Å². The zero-order valence-corrected chi connectivity index (χ0v) is 16.8. The summed E-state index contributed by atoms with van der Waals surface area (Å²) in [6.07, 6.45) is 0. The lowest BCUT2D eigenvalue weighted by Gasteiger charge is -2.35. The van der Waals surface area contributed by atoms with E-state index in [9.17, 15) is 4.79 Å². The predicted octanol–water partition coefficient (Wildman–Crippen LogP) is 1.88. The largest absolute Gasteiger partial charge is 0.378 e. The van der Waals surface area contributed by atoms with Crippen molar-refractivity contribution in [2.75, 3.05) is 69.1 Å². The Bertz CT molecular complexity index is 795. The minimum absolute atomic E-state index is 0.0906. The summed E-state index contributed by atoms with van der Waals surface area (Å²) in [7, 11) is 7.94. The van der Waals surface area contributed by atoms with Crippen LogP contribution in [0.3, 0.4) is 0 Å². The van der Waals surface area contributed by atoms with Crippen LogP contribution in [0.15, 0.2) is 30.3 Å². The first-order valence-corrected chi connectivity index (χ1v) is 9.20. The molecule has 0 aliphatic carbocycles. The van der Waals surface area contributed by atoms with Gasteiger partial charge in [0.15, 0.2) is 0 Å². The molecule has 0 N–H and O–H groups in total. The van der Waals surface area contributed by atoms with Gasteiger partial charge in [0, 0.05) is 71.7 Å². The number of benzene rings is 1. The lowest BCUT2D eigenvalue weighted by molar-refractivity contribution is 0.0746. The van der Waals surface area contributed by atoms with Crippen molar-refractivity contribution in [2.45, 2.75) is 6.92 Å². The number of nitrogens with zero attached hydrogens (tertiary/aromatic N) is 6. The molecule has 0 atom stereocenters. The highest BCUT2D eigenvalue weighted by molar-refractivity contribution is 5.94. The summed E-state index contributed by atoms with van der Waals surface area (Å²) >= 11 is 0. The maximum atomic E-state index is 12.8. The molecule has 1 aliphatic heterocycles. The van der Waals surface area contributed by atoms with Gasteiger partial charge < -0.3 is 19.6 Å². The summed E-state index contributed by atoms with van der Waals surface area (Å²) in [5.41, 5.74) is 1.83. The molecule has 1 aliphatic rings. The van der Waals surface area contributed by atoms with Gasteiger partial charge in [-0.3, -0.25) is 4.79 Å². The van der Waals surface area contributed by atoms with Crippen LogP contribution in [0.5, 0.6) is 0 Å². The molecule has 7 heteroatoms. The number of hydrogen-bond acceptors (Lipinski definition) is 6. The standard InChI is InChI=1S/C20H28N6O/c1-15-21-18(24(4)5)14-19(22-15)25-10-12-26(13-11-25)20(27)16-6-8-17(9-7-16)23(2)3/h6-9,14H,10-13H2,1-5H3.